The molecule has 3 aromatic heterocycles. The smallest absolute Gasteiger partial charge is 0.372 e. The monoisotopic (exact) mass is 548 g/mol. The Labute approximate surface area is 207 Å². The second kappa shape index (κ2) is 9.66. The molecule has 0 spiro atoms. The molecule has 0 amide bonds. The molecule has 4 rings (SSSR count). The van der Waals surface area contributed by atoms with Crippen molar-refractivity contribution in [1.29, 1.82) is 0 Å². The van der Waals surface area contributed by atoms with E-state index < -0.39 is 47.8 Å². The largest absolute Gasteiger partial charge is 0.428 e. The van der Waals surface area contributed by atoms with Gasteiger partial charge in [0.15, 0.2) is 17.5 Å². The highest BCUT2D eigenvalue weighted by atomic mass is 19.4. The van der Waals surface area contributed by atoms with Gasteiger partial charge in [0.2, 0.25) is 0 Å². The third-order valence-electron chi connectivity index (χ3n) is 5.42. The fourth-order valence-electron chi connectivity index (χ4n) is 3.37. The van der Waals surface area contributed by atoms with E-state index in [-0.39, 0.29) is 29.2 Å². The number of rotatable bonds is 7. The molecule has 38 heavy (non-hydrogen) atoms. The number of hydrogen-bond acceptors (Lipinski definition) is 7. The van der Waals surface area contributed by atoms with E-state index in [1.54, 1.807) is 24.4 Å². The van der Waals surface area contributed by atoms with Crippen molar-refractivity contribution in [2.24, 2.45) is 0 Å². The molecular weight excluding hydrogens is 532 g/mol. The van der Waals surface area contributed by atoms with Crippen molar-refractivity contribution in [1.82, 2.24) is 24.9 Å². The van der Waals surface area contributed by atoms with Gasteiger partial charge in [-0.1, -0.05) is 22.9 Å². The normalized spacial score (nSPS) is 12.7. The van der Waals surface area contributed by atoms with Crippen LogP contribution in [0.25, 0.3) is 22.9 Å². The van der Waals surface area contributed by atoms with E-state index in [1.165, 1.54) is 29.1 Å². The summed E-state index contributed by atoms with van der Waals surface area (Å²) in [6.45, 7) is -0.555. The topological polar surface area (TPSA) is 102 Å². The lowest BCUT2D eigenvalue weighted by Gasteiger charge is -2.32. The van der Waals surface area contributed by atoms with Crippen LogP contribution < -0.4 is 5.32 Å². The van der Waals surface area contributed by atoms with E-state index in [9.17, 15) is 40.2 Å². The van der Waals surface area contributed by atoms with E-state index in [4.69, 9.17) is 4.52 Å². The lowest BCUT2D eigenvalue weighted by molar-refractivity contribution is -0.362. The summed E-state index contributed by atoms with van der Waals surface area (Å²) in [5, 5.41) is 18.9. The van der Waals surface area contributed by atoms with E-state index >= 15 is 0 Å². The summed E-state index contributed by atoms with van der Waals surface area (Å²) in [4.78, 5) is 7.35. The second-order valence-corrected chi connectivity index (χ2v) is 8.15. The van der Waals surface area contributed by atoms with Gasteiger partial charge in [-0.15, -0.1) is 0 Å². The van der Waals surface area contributed by atoms with E-state index in [2.05, 4.69) is 20.2 Å². The molecule has 0 bridgehead atoms. The van der Waals surface area contributed by atoms with Gasteiger partial charge in [0.25, 0.3) is 5.60 Å². The number of aliphatic hydroxyl groups is 1. The number of nitrogens with zero attached hydrogens (tertiary/aromatic N) is 5. The minimum absolute atomic E-state index is 0.0963. The van der Waals surface area contributed by atoms with Crippen LogP contribution in [-0.4, -0.2) is 54.5 Å². The summed E-state index contributed by atoms with van der Waals surface area (Å²) in [5.41, 5.74) is -3.77. The zero-order valence-corrected chi connectivity index (χ0v) is 19.1. The highest BCUT2D eigenvalue weighted by molar-refractivity contribution is 5.63. The van der Waals surface area contributed by atoms with Crippen LogP contribution >= 0.6 is 0 Å². The first kappa shape index (κ1) is 27.0. The van der Waals surface area contributed by atoms with Crippen molar-refractivity contribution in [3.05, 3.63) is 65.6 Å². The van der Waals surface area contributed by atoms with E-state index in [1.807, 2.05) is 0 Å². The van der Waals surface area contributed by atoms with Crippen molar-refractivity contribution in [3.8, 4) is 22.9 Å². The van der Waals surface area contributed by atoms with Gasteiger partial charge in [-0.05, 0) is 19.1 Å². The molecule has 2 N–H and O–H groups in total. The van der Waals surface area contributed by atoms with Gasteiger partial charge in [0.05, 0.1) is 25.0 Å². The zero-order valence-electron chi connectivity index (χ0n) is 19.1. The minimum atomic E-state index is -6.12. The fourth-order valence-corrected chi connectivity index (χ4v) is 3.37. The van der Waals surface area contributed by atoms with Crippen LogP contribution in [0.4, 0.5) is 40.9 Å². The average molecular weight is 548 g/mol. The molecule has 0 fully saturated rings. The van der Waals surface area contributed by atoms with Crippen molar-refractivity contribution >= 4 is 5.82 Å². The molecule has 4 aromatic rings. The molecular formula is C22H16F8N6O2. The SMILES string of the molecule is Cc1ccc(F)c(Cn2nc(-c3ncc(F)c(NCC(O)(C(F)(F)F)C(F)(F)F)n3)cc2-c2ccon2)c1. The first-order valence-corrected chi connectivity index (χ1v) is 10.6. The van der Waals surface area contributed by atoms with Gasteiger partial charge < -0.3 is 14.9 Å². The first-order valence-electron chi connectivity index (χ1n) is 10.6. The van der Waals surface area contributed by atoms with Crippen LogP contribution in [0.5, 0.6) is 0 Å². The highest BCUT2D eigenvalue weighted by Crippen LogP contribution is 2.43. The molecule has 0 aliphatic rings. The second-order valence-electron chi connectivity index (χ2n) is 8.15. The van der Waals surface area contributed by atoms with Crippen molar-refractivity contribution in [3.63, 3.8) is 0 Å². The molecule has 202 valence electrons. The minimum Gasteiger partial charge on any atom is -0.372 e. The van der Waals surface area contributed by atoms with Gasteiger partial charge in [-0.25, -0.2) is 18.7 Å². The van der Waals surface area contributed by atoms with E-state index in [0.717, 1.165) is 5.56 Å². The van der Waals surface area contributed by atoms with Gasteiger partial charge in [0, 0.05) is 11.6 Å². The Morgan fingerprint density at radius 2 is 1.68 bits per heavy atom. The Morgan fingerprint density at radius 1 is 0.974 bits per heavy atom. The molecule has 0 aliphatic carbocycles. The molecule has 16 heteroatoms. The Balaban J connectivity index is 1.70. The number of anilines is 1. The van der Waals surface area contributed by atoms with Gasteiger partial charge in [-0.3, -0.25) is 4.68 Å². The summed E-state index contributed by atoms with van der Waals surface area (Å²) < 4.78 is 113. The number of benzene rings is 1. The lowest BCUT2D eigenvalue weighted by Crippen LogP contribution is -2.61. The van der Waals surface area contributed by atoms with Crippen molar-refractivity contribution < 1.29 is 44.8 Å². The van der Waals surface area contributed by atoms with Gasteiger partial charge in [0.1, 0.15) is 23.5 Å². The molecule has 0 saturated heterocycles. The zero-order chi connectivity index (χ0) is 27.9. The number of aromatic nitrogens is 5. The summed E-state index contributed by atoms with van der Waals surface area (Å²) in [5.74, 6) is -3.38. The van der Waals surface area contributed by atoms with Crippen LogP contribution in [0.3, 0.4) is 0 Å². The lowest BCUT2D eigenvalue weighted by atomic mass is 10.0. The number of halogens is 8. The number of alkyl halides is 6. The van der Waals surface area contributed by atoms with Crippen molar-refractivity contribution in [2.75, 3.05) is 11.9 Å². The summed E-state index contributed by atoms with van der Waals surface area (Å²) in [6, 6.07) is 7.18. The number of hydrogen-bond donors (Lipinski definition) is 2. The molecule has 1 aromatic carbocycles. The highest BCUT2D eigenvalue weighted by Gasteiger charge is 2.70. The first-order chi connectivity index (χ1) is 17.7. The maximum absolute atomic E-state index is 14.4. The Morgan fingerprint density at radius 3 is 2.32 bits per heavy atom. The van der Waals surface area contributed by atoms with Crippen LogP contribution in [0.15, 0.2) is 47.3 Å². The quantitative estimate of drug-likeness (QED) is 0.317. The number of aryl methyl sites for hydroxylation is 1. The van der Waals surface area contributed by atoms with Crippen LogP contribution in [0.2, 0.25) is 0 Å². The predicted octanol–water partition coefficient (Wildman–Crippen LogP) is 4.90. The van der Waals surface area contributed by atoms with Gasteiger partial charge >= 0.3 is 12.4 Å². The van der Waals surface area contributed by atoms with Crippen LogP contribution in [0, 0.1) is 18.6 Å². The number of nitrogens with one attached hydrogen (secondary N) is 1. The van der Waals surface area contributed by atoms with Crippen LogP contribution in [-0.2, 0) is 6.54 Å². The standard InChI is InChI=1S/C22H16F8N6O2/c1-11-2-3-13(23)12(6-11)9-36-17(15-4-5-38-35-15)7-16(34-36)19-31-8-14(24)18(33-19)32-10-20(37,21(25,26)27)22(28,29)30/h2-8,37H,9-10H2,1H3,(H,31,32,33). The fraction of sp³-hybridized carbons (Fsp3) is 0.273. The maximum Gasteiger partial charge on any atom is 0.428 e. The summed E-state index contributed by atoms with van der Waals surface area (Å²) in [7, 11) is 0. The maximum atomic E-state index is 14.4. The molecule has 3 heterocycles. The van der Waals surface area contributed by atoms with E-state index in [0.29, 0.717) is 6.20 Å². The average Bonchev–Trinajstić information content (AvgIpc) is 3.49. The van der Waals surface area contributed by atoms with Crippen molar-refractivity contribution in [2.45, 2.75) is 31.4 Å². The Bertz CT molecular complexity index is 1420. The third kappa shape index (κ3) is 5.16. The predicted molar refractivity (Wildman–Crippen MR) is 114 cm³/mol. The summed E-state index contributed by atoms with van der Waals surface area (Å²) >= 11 is 0. The molecule has 0 atom stereocenters. The molecule has 0 radical (unpaired) electrons. The Kier molecular flexibility index (Phi) is 6.86. The third-order valence-corrected chi connectivity index (χ3v) is 5.42. The molecule has 8 nitrogen and oxygen atoms in total. The van der Waals surface area contributed by atoms with Gasteiger partial charge in [-0.2, -0.15) is 31.4 Å². The van der Waals surface area contributed by atoms with Crippen LogP contribution in [0.1, 0.15) is 11.1 Å². The Hall–Kier alpha value is -4.08. The molecule has 0 saturated carbocycles. The summed E-state index contributed by atoms with van der Waals surface area (Å²) in [6.07, 6.45) is -10.5. The molecule has 0 aliphatic heterocycles. The molecule has 0 unspecified atom stereocenters.